The first-order valence-corrected chi connectivity index (χ1v) is 9.19. The Hall–Kier alpha value is -2.83. The molecule has 7 nitrogen and oxygen atoms in total. The van der Waals surface area contributed by atoms with Gasteiger partial charge in [0.1, 0.15) is 24.8 Å². The Labute approximate surface area is 158 Å². The van der Waals surface area contributed by atoms with Crippen LogP contribution in [0.5, 0.6) is 0 Å². The fourth-order valence-corrected chi connectivity index (χ4v) is 2.13. The fourth-order valence-electron chi connectivity index (χ4n) is 2.13. The molecule has 8 heteroatoms. The highest BCUT2D eigenvalue weighted by Crippen LogP contribution is 2.10. The monoisotopic (exact) mass is 384 g/mol. The molecule has 0 aliphatic heterocycles. The Bertz CT molecular complexity index is 770. The number of imidazole rings is 2. The number of aromatic amines is 4. The van der Waals surface area contributed by atoms with Crippen molar-refractivity contribution in [3.05, 3.63) is 85.5 Å². The highest BCUT2D eigenvalue weighted by molar-refractivity contribution is 7.36. The number of aromatic nitrogens is 4. The van der Waals surface area contributed by atoms with E-state index >= 15 is 0 Å². The molecule has 0 saturated heterocycles. The van der Waals surface area contributed by atoms with Crippen molar-refractivity contribution < 1.29 is 24.3 Å². The average molecular weight is 384 g/mol. The third kappa shape index (κ3) is 7.52. The molecule has 0 atom stereocenters. The molecule has 140 valence electrons. The van der Waals surface area contributed by atoms with Gasteiger partial charge in [-0.05, 0) is 24.3 Å². The lowest BCUT2D eigenvalue weighted by Gasteiger charge is -2.25. The van der Waals surface area contributed by atoms with Gasteiger partial charge in [0.15, 0.2) is 0 Å². The van der Waals surface area contributed by atoms with E-state index < -0.39 is 8.60 Å². The summed E-state index contributed by atoms with van der Waals surface area (Å²) in [7, 11) is -1.50. The molecule has 4 rings (SSSR count). The lowest BCUT2D eigenvalue weighted by Crippen LogP contribution is -2.07. The third-order valence-corrected chi connectivity index (χ3v) is 3.65. The van der Waals surface area contributed by atoms with Crippen LogP contribution in [-0.2, 0) is 4.52 Å². The maximum atomic E-state index is 9.18. The van der Waals surface area contributed by atoms with E-state index in [9.17, 15) is 9.79 Å². The van der Waals surface area contributed by atoms with Crippen molar-refractivity contribution in [1.82, 2.24) is 9.97 Å². The zero-order chi connectivity index (χ0) is 19.3. The van der Waals surface area contributed by atoms with Crippen molar-refractivity contribution >= 4 is 8.60 Å². The van der Waals surface area contributed by atoms with Crippen LogP contribution in [0.1, 0.15) is 0 Å². The Morgan fingerprint density at radius 2 is 1.11 bits per heavy atom. The van der Waals surface area contributed by atoms with Gasteiger partial charge in [-0.3, -0.25) is 0 Å². The van der Waals surface area contributed by atoms with E-state index in [2.05, 4.69) is 48.7 Å². The van der Waals surface area contributed by atoms with Gasteiger partial charge in [-0.25, -0.2) is 19.9 Å². The minimum atomic E-state index is -2.60. The number of hydrogen-bond donors (Lipinski definition) is 2. The summed E-state index contributed by atoms with van der Waals surface area (Å²) in [6.45, 7) is 0. The Balaban J connectivity index is 0.000000157. The van der Waals surface area contributed by atoms with Crippen LogP contribution in [0.15, 0.2) is 85.5 Å². The van der Waals surface area contributed by atoms with Crippen LogP contribution in [0.3, 0.4) is 0 Å². The SMILES string of the molecule is COP([O-])[O-].c1ccc(-c2[nH]cc[nH+]2)cc1.c1ccc(-c2[nH]cc[nH+]2)cc1. The molecule has 0 unspecified atom stereocenters. The number of H-pyrrole nitrogens is 4. The second-order valence-electron chi connectivity index (χ2n) is 5.13. The minimum Gasteiger partial charge on any atom is -0.820 e. The van der Waals surface area contributed by atoms with Crippen molar-refractivity contribution in [2.24, 2.45) is 0 Å². The minimum absolute atomic E-state index is 1.05. The number of rotatable bonds is 3. The van der Waals surface area contributed by atoms with Gasteiger partial charge in [-0.1, -0.05) is 36.4 Å². The fraction of sp³-hybridized carbons (Fsp3) is 0.0526. The highest BCUT2D eigenvalue weighted by atomic mass is 31.2. The second kappa shape index (κ2) is 11.7. The third-order valence-electron chi connectivity index (χ3n) is 3.35. The smallest absolute Gasteiger partial charge is 0.284 e. The summed E-state index contributed by atoms with van der Waals surface area (Å²) < 4.78 is 3.70. The van der Waals surface area contributed by atoms with Crippen LogP contribution in [-0.4, -0.2) is 17.1 Å². The van der Waals surface area contributed by atoms with Gasteiger partial charge in [-0.2, -0.15) is 8.60 Å². The molecule has 0 amide bonds. The van der Waals surface area contributed by atoms with E-state index in [1.165, 1.54) is 11.1 Å². The Kier molecular flexibility index (Phi) is 8.89. The predicted molar refractivity (Wildman–Crippen MR) is 99.5 cm³/mol. The first-order chi connectivity index (χ1) is 13.2. The van der Waals surface area contributed by atoms with Crippen LogP contribution in [0.2, 0.25) is 0 Å². The van der Waals surface area contributed by atoms with Crippen molar-refractivity contribution in [3.8, 4) is 22.8 Å². The molecule has 0 fully saturated rings. The van der Waals surface area contributed by atoms with Crippen LogP contribution in [0.25, 0.3) is 22.8 Å². The maximum absolute atomic E-state index is 9.18. The normalized spacial score (nSPS) is 9.78. The Morgan fingerprint density at radius 3 is 1.37 bits per heavy atom. The molecular weight excluding hydrogens is 363 g/mol. The second-order valence-corrected chi connectivity index (χ2v) is 5.94. The number of benzene rings is 2. The summed E-state index contributed by atoms with van der Waals surface area (Å²) in [6, 6.07) is 20.3. The number of hydrogen-bond acceptors (Lipinski definition) is 3. The molecule has 0 spiro atoms. The van der Waals surface area contributed by atoms with E-state index in [1.807, 2.05) is 61.2 Å². The molecule has 0 aliphatic rings. The van der Waals surface area contributed by atoms with E-state index in [0.717, 1.165) is 18.8 Å². The highest BCUT2D eigenvalue weighted by Gasteiger charge is 2.02. The molecule has 0 radical (unpaired) electrons. The van der Waals surface area contributed by atoms with Gasteiger partial charge in [0.05, 0.1) is 11.1 Å². The van der Waals surface area contributed by atoms with Gasteiger partial charge < -0.3 is 14.3 Å². The molecule has 2 heterocycles. The molecule has 27 heavy (non-hydrogen) atoms. The van der Waals surface area contributed by atoms with Gasteiger partial charge in [0.25, 0.3) is 11.6 Å². The van der Waals surface area contributed by atoms with Crippen LogP contribution >= 0.6 is 8.60 Å². The molecule has 2 aromatic carbocycles. The van der Waals surface area contributed by atoms with E-state index in [1.54, 1.807) is 0 Å². The van der Waals surface area contributed by atoms with Crippen molar-refractivity contribution in [2.75, 3.05) is 7.11 Å². The average Bonchev–Trinajstić information content (AvgIpc) is 3.44. The summed E-state index contributed by atoms with van der Waals surface area (Å²) >= 11 is 0. The Morgan fingerprint density at radius 1 is 0.741 bits per heavy atom. The van der Waals surface area contributed by atoms with Gasteiger partial charge in [-0.15, -0.1) is 0 Å². The van der Waals surface area contributed by atoms with E-state index in [0.29, 0.717) is 0 Å². The predicted octanol–water partition coefficient (Wildman–Crippen LogP) is 1.57. The summed E-state index contributed by atoms with van der Waals surface area (Å²) in [5.41, 5.74) is 2.36. The van der Waals surface area contributed by atoms with Crippen molar-refractivity contribution in [1.29, 1.82) is 0 Å². The molecule has 0 bridgehead atoms. The zero-order valence-electron chi connectivity index (χ0n) is 14.8. The van der Waals surface area contributed by atoms with Crippen LogP contribution in [0, 0.1) is 0 Å². The molecule has 4 aromatic rings. The van der Waals surface area contributed by atoms with Crippen molar-refractivity contribution in [3.63, 3.8) is 0 Å². The standard InChI is InChI=1S/2C9H8N2.CH3O3P/c2*1-2-4-8(5-3-1)9-10-6-7-11-9;1-4-5(2)3/h2*1-7H,(H,10,11);1H3/q;;-2/p+2. The molecule has 2 aromatic heterocycles. The first-order valence-electron chi connectivity index (χ1n) is 8.10. The molecule has 0 aliphatic carbocycles. The van der Waals surface area contributed by atoms with Crippen molar-refractivity contribution in [2.45, 2.75) is 0 Å². The van der Waals surface area contributed by atoms with Gasteiger partial charge in [0, 0.05) is 7.11 Å². The molecule has 0 saturated carbocycles. The van der Waals surface area contributed by atoms with Crippen LogP contribution < -0.4 is 19.8 Å². The summed E-state index contributed by atoms with van der Waals surface area (Å²) in [6.07, 6.45) is 7.51. The lowest BCUT2D eigenvalue weighted by molar-refractivity contribution is -0.362. The molecular formula is C19H21N4O3P. The maximum Gasteiger partial charge on any atom is 0.284 e. The van der Waals surface area contributed by atoms with E-state index in [-0.39, 0.29) is 0 Å². The number of nitrogens with one attached hydrogen (secondary N) is 4. The van der Waals surface area contributed by atoms with Gasteiger partial charge in [0.2, 0.25) is 0 Å². The zero-order valence-corrected chi connectivity index (χ0v) is 15.6. The largest absolute Gasteiger partial charge is 0.820 e. The molecule has 4 N–H and O–H groups in total. The van der Waals surface area contributed by atoms with Gasteiger partial charge >= 0.3 is 0 Å². The lowest BCUT2D eigenvalue weighted by atomic mass is 10.2. The summed E-state index contributed by atoms with van der Waals surface area (Å²) in [5, 5.41) is 0. The quantitative estimate of drug-likeness (QED) is 0.522. The summed E-state index contributed by atoms with van der Waals surface area (Å²) in [5.74, 6) is 2.09. The first kappa shape index (κ1) is 20.5. The topological polar surface area (TPSA) is 115 Å². The summed E-state index contributed by atoms with van der Waals surface area (Å²) in [4.78, 5) is 30.8. The van der Waals surface area contributed by atoms with E-state index in [4.69, 9.17) is 0 Å². The van der Waals surface area contributed by atoms with Crippen LogP contribution in [0.4, 0.5) is 0 Å².